The molecule has 0 heterocycles. The zero-order valence-corrected chi connectivity index (χ0v) is 6.25. The number of allylic oxidation sites excluding steroid dienone is 4. The van der Waals surface area contributed by atoms with Gasteiger partial charge in [-0.05, 0) is 0 Å². The molecule has 0 fully saturated rings. The first kappa shape index (κ1) is 6.14. The summed E-state index contributed by atoms with van der Waals surface area (Å²) in [5, 5.41) is 0. The summed E-state index contributed by atoms with van der Waals surface area (Å²) in [6.07, 6.45) is 9.72. The molecule has 8 heavy (non-hydrogen) atoms. The van der Waals surface area contributed by atoms with Crippen LogP contribution in [0.4, 0.5) is 0 Å². The van der Waals surface area contributed by atoms with Crippen LogP contribution >= 0.6 is 0 Å². The summed E-state index contributed by atoms with van der Waals surface area (Å²) in [6.45, 7) is 2.21. The summed E-state index contributed by atoms with van der Waals surface area (Å²) < 4.78 is 0.328. The third kappa shape index (κ3) is 1.51. The maximum absolute atomic E-state index is 2.83. The summed E-state index contributed by atoms with van der Waals surface area (Å²) in [7, 11) is 0. The summed E-state index contributed by atoms with van der Waals surface area (Å²) in [5.41, 5.74) is 0. The second-order valence-electron chi connectivity index (χ2n) is 2.50. The Labute approximate surface area is 58.7 Å². The van der Waals surface area contributed by atoms with Crippen LogP contribution in [0.2, 0.25) is 4.28 Å². The summed E-state index contributed by atoms with van der Waals surface area (Å²) in [4.78, 5) is 0. The quantitative estimate of drug-likeness (QED) is 0.428. The third-order valence-corrected chi connectivity index (χ3v) is 1.71. The van der Waals surface area contributed by atoms with Crippen molar-refractivity contribution >= 4 is 16.3 Å². The number of rotatable bonds is 0. The molecular weight excluding hydrogens is 111 g/mol. The summed E-state index contributed by atoms with van der Waals surface area (Å²) >= 11 is 2.83. The van der Waals surface area contributed by atoms with E-state index in [4.69, 9.17) is 0 Å². The van der Waals surface area contributed by atoms with Crippen LogP contribution in [0.15, 0.2) is 24.3 Å². The predicted octanol–water partition coefficient (Wildman–Crippen LogP) is 1.85. The Hall–Kier alpha value is 0.0125. The summed E-state index contributed by atoms with van der Waals surface area (Å²) in [6, 6.07) is 0. The molecule has 0 saturated heterocycles. The van der Waals surface area contributed by atoms with Crippen molar-refractivity contribution < 1.29 is 0 Å². The molecular formula is C7H9Al+2. The first-order chi connectivity index (χ1) is 3.71. The van der Waals surface area contributed by atoms with Gasteiger partial charge in [0.2, 0.25) is 0 Å². The van der Waals surface area contributed by atoms with Gasteiger partial charge in [0, 0.05) is 0 Å². The molecule has 1 aliphatic rings. The van der Waals surface area contributed by atoms with Crippen LogP contribution in [0, 0.1) is 0 Å². The van der Waals surface area contributed by atoms with Crippen LogP contribution in [0.25, 0.3) is 0 Å². The first-order valence-corrected chi connectivity index (χ1v) is 3.42. The SMILES string of the molecule is C[C]1([Al+2])C=CC=CC1. The molecule has 0 amide bonds. The van der Waals surface area contributed by atoms with Gasteiger partial charge in [-0.15, -0.1) is 0 Å². The van der Waals surface area contributed by atoms with Crippen molar-refractivity contribution in [2.45, 2.75) is 17.6 Å². The Kier molecular flexibility index (Phi) is 1.60. The third-order valence-electron chi connectivity index (χ3n) is 1.28. The van der Waals surface area contributed by atoms with Crippen LogP contribution in [0.5, 0.6) is 0 Å². The van der Waals surface area contributed by atoms with Gasteiger partial charge in [0.25, 0.3) is 0 Å². The Morgan fingerprint density at radius 2 is 2.25 bits per heavy atom. The molecule has 1 heteroatoms. The van der Waals surface area contributed by atoms with Crippen LogP contribution in [-0.4, -0.2) is 16.3 Å². The van der Waals surface area contributed by atoms with Crippen molar-refractivity contribution in [1.29, 1.82) is 0 Å². The van der Waals surface area contributed by atoms with E-state index in [-0.39, 0.29) is 0 Å². The van der Waals surface area contributed by atoms with Gasteiger partial charge in [-0.2, -0.15) is 0 Å². The van der Waals surface area contributed by atoms with Crippen LogP contribution in [0.1, 0.15) is 13.3 Å². The number of hydrogen-bond donors (Lipinski definition) is 0. The normalized spacial score (nSPS) is 35.9. The number of hydrogen-bond acceptors (Lipinski definition) is 0. The van der Waals surface area contributed by atoms with E-state index >= 15 is 0 Å². The molecule has 0 nitrogen and oxygen atoms in total. The molecule has 1 rings (SSSR count). The Bertz CT molecular complexity index is 131. The van der Waals surface area contributed by atoms with Gasteiger partial charge in [0.1, 0.15) is 0 Å². The Morgan fingerprint density at radius 1 is 1.50 bits per heavy atom. The fourth-order valence-corrected chi connectivity index (χ4v) is 0.991. The van der Waals surface area contributed by atoms with Gasteiger partial charge >= 0.3 is 58.2 Å². The second-order valence-corrected chi connectivity index (χ2v) is 3.82. The standard InChI is InChI=1S/C7H9.Al/c1-7-5-3-2-4-6-7;/h2-5H,6H2,1H3;/q;+2. The molecule has 0 bridgehead atoms. The fourth-order valence-electron chi connectivity index (χ4n) is 0.744. The monoisotopic (exact) mass is 120 g/mol. The zero-order chi connectivity index (χ0) is 6.04. The van der Waals surface area contributed by atoms with Gasteiger partial charge < -0.3 is 0 Å². The molecule has 0 saturated carbocycles. The molecule has 0 aromatic carbocycles. The van der Waals surface area contributed by atoms with Crippen molar-refractivity contribution in [3.05, 3.63) is 24.3 Å². The van der Waals surface area contributed by atoms with Crippen molar-refractivity contribution in [2.75, 3.05) is 0 Å². The van der Waals surface area contributed by atoms with Gasteiger partial charge in [0.05, 0.1) is 0 Å². The van der Waals surface area contributed by atoms with Crippen molar-refractivity contribution in [2.24, 2.45) is 0 Å². The molecule has 38 valence electrons. The second kappa shape index (κ2) is 2.09. The molecule has 0 aliphatic heterocycles. The van der Waals surface area contributed by atoms with E-state index in [1.165, 1.54) is 0 Å². The zero-order valence-electron chi connectivity index (χ0n) is 5.09. The van der Waals surface area contributed by atoms with Gasteiger partial charge in [0.15, 0.2) is 0 Å². The molecule has 0 spiro atoms. The molecule has 1 unspecified atom stereocenters. The Balaban J connectivity index is 2.65. The Morgan fingerprint density at radius 3 is 2.50 bits per heavy atom. The molecule has 0 N–H and O–H groups in total. The molecule has 0 aromatic heterocycles. The average Bonchev–Trinajstić information content (AvgIpc) is 1.65. The minimum atomic E-state index is 0.328. The van der Waals surface area contributed by atoms with Crippen molar-refractivity contribution in [1.82, 2.24) is 0 Å². The topological polar surface area (TPSA) is 0 Å². The average molecular weight is 120 g/mol. The molecule has 1 aliphatic carbocycles. The molecule has 0 aromatic rings. The van der Waals surface area contributed by atoms with E-state index in [9.17, 15) is 0 Å². The van der Waals surface area contributed by atoms with Gasteiger partial charge in [-0.1, -0.05) is 0 Å². The van der Waals surface area contributed by atoms with E-state index in [2.05, 4.69) is 47.5 Å². The van der Waals surface area contributed by atoms with E-state index in [0.717, 1.165) is 6.42 Å². The van der Waals surface area contributed by atoms with E-state index in [1.54, 1.807) is 0 Å². The predicted molar refractivity (Wildman–Crippen MR) is 37.0 cm³/mol. The van der Waals surface area contributed by atoms with E-state index < -0.39 is 0 Å². The van der Waals surface area contributed by atoms with E-state index in [1.807, 2.05) is 0 Å². The molecule has 1 atom stereocenters. The minimum absolute atomic E-state index is 0.328. The molecule has 0 radical (unpaired) electrons. The van der Waals surface area contributed by atoms with Crippen molar-refractivity contribution in [3.8, 4) is 0 Å². The van der Waals surface area contributed by atoms with Gasteiger partial charge in [-0.3, -0.25) is 0 Å². The maximum atomic E-state index is 2.83. The van der Waals surface area contributed by atoms with Crippen LogP contribution in [0.3, 0.4) is 0 Å². The van der Waals surface area contributed by atoms with E-state index in [0.29, 0.717) is 4.28 Å². The van der Waals surface area contributed by atoms with Gasteiger partial charge in [-0.25, -0.2) is 0 Å². The van der Waals surface area contributed by atoms with Crippen molar-refractivity contribution in [3.63, 3.8) is 0 Å². The van der Waals surface area contributed by atoms with Crippen LogP contribution in [-0.2, 0) is 0 Å². The van der Waals surface area contributed by atoms with Crippen LogP contribution < -0.4 is 0 Å². The first-order valence-electron chi connectivity index (χ1n) is 2.84. The fraction of sp³-hybridized carbons (Fsp3) is 0.429. The summed E-state index contributed by atoms with van der Waals surface area (Å²) in [5.74, 6) is 0.